The Morgan fingerprint density at radius 3 is 0.467 bits per heavy atom. The van der Waals surface area contributed by atoms with Crippen LogP contribution >= 0.6 is 0 Å². The number of hydrogen-bond donors (Lipinski definition) is 4. The molecule has 0 aliphatic heterocycles. The van der Waals surface area contributed by atoms with Crippen molar-refractivity contribution in [2.24, 2.45) is 23.7 Å². The van der Waals surface area contributed by atoms with Crippen LogP contribution in [0.25, 0.3) is 0 Å². The van der Waals surface area contributed by atoms with E-state index in [0.29, 0.717) is 23.7 Å². The summed E-state index contributed by atoms with van der Waals surface area (Å²) in [5, 5.41) is 0. The Balaban J connectivity index is 0.00000137. The van der Waals surface area contributed by atoms with Crippen molar-refractivity contribution >= 4 is 40.5 Å². The Kier molecular flexibility index (Phi) is 59.3. The van der Waals surface area contributed by atoms with Crippen LogP contribution in [0, 0.1) is 23.7 Å². The maximum atomic E-state index is 11.7. The topological polar surface area (TPSA) is 217 Å². The van der Waals surface area contributed by atoms with Crippen LogP contribution in [0.2, 0.25) is 0 Å². The van der Waals surface area contributed by atoms with E-state index in [9.17, 15) is 51.9 Å². The van der Waals surface area contributed by atoms with E-state index >= 15 is 0 Å². The van der Waals surface area contributed by atoms with Gasteiger partial charge in [-0.1, -0.05) is 413 Å². The van der Waals surface area contributed by atoms with Crippen LogP contribution in [0.5, 0.6) is 0 Å². The van der Waals surface area contributed by atoms with Gasteiger partial charge in [-0.15, -0.1) is 0 Å². The molecule has 4 rings (SSSR count). The normalized spacial score (nSPS) is 13.1. The van der Waals surface area contributed by atoms with Gasteiger partial charge < -0.3 is 0 Å². The smallest absolute Gasteiger partial charge is 0.282 e. The average Bonchev–Trinajstić information content (AvgIpc) is 0.837. The molecule has 0 aromatic heterocycles. The first-order chi connectivity index (χ1) is 49.5. The molecule has 0 aliphatic carbocycles. The molecule has 0 fully saturated rings. The summed E-state index contributed by atoms with van der Waals surface area (Å²) >= 11 is 0. The first kappa shape index (κ1) is 102. The van der Waals surface area contributed by atoms with E-state index in [0.717, 1.165) is 73.6 Å². The van der Waals surface area contributed by atoms with Gasteiger partial charge in [0.05, 0.1) is 19.6 Å². The molecule has 0 amide bonds. The van der Waals surface area contributed by atoms with Crippen molar-refractivity contribution in [3.05, 3.63) is 119 Å². The molecule has 4 aromatic rings. The third-order valence-electron chi connectivity index (χ3n) is 21.1. The summed E-state index contributed by atoms with van der Waals surface area (Å²) in [4.78, 5) is 0.299. The maximum Gasteiger partial charge on any atom is 0.294 e. The monoisotopic (exact) mass is 1580 g/mol. The van der Waals surface area contributed by atoms with E-state index < -0.39 is 40.5 Å². The Morgan fingerprint density at radius 2 is 0.343 bits per heavy atom. The molecule has 0 aliphatic rings. The van der Waals surface area contributed by atoms with Crippen LogP contribution in [0.15, 0.2) is 117 Å². The second kappa shape index (κ2) is 60.9. The Hall–Kier alpha value is -2.77. The SMILES string of the molecule is CCCCCCCCCCCCC(c1ccccc1S(=O)(=O)O)C(C)C.CCCCCCCCCCCCC(c1ccccc1S(=O)(=O)O)C(C)C.CCCCCCCCCCCCC(c1ccccc1S(=O)(=O)O)C(C)C.CCCCCCCCCCCCC(c1ccccc1S(=O)(=O)O)C(C)C.[Ti]. The van der Waals surface area contributed by atoms with Gasteiger partial charge in [0.1, 0.15) is 0 Å². The molecule has 17 heteroatoms. The minimum absolute atomic E-state index is 0. The Morgan fingerprint density at radius 1 is 0.219 bits per heavy atom. The molecular formula is C88H152O12S4Ti. The molecular weight excluding hydrogens is 1430 g/mol. The van der Waals surface area contributed by atoms with Crippen molar-refractivity contribution in [3.63, 3.8) is 0 Å². The van der Waals surface area contributed by atoms with Crippen molar-refractivity contribution in [3.8, 4) is 0 Å². The van der Waals surface area contributed by atoms with Crippen molar-refractivity contribution in [2.45, 2.75) is 409 Å². The van der Waals surface area contributed by atoms with Crippen molar-refractivity contribution < 1.29 is 73.6 Å². The van der Waals surface area contributed by atoms with E-state index in [4.69, 9.17) is 0 Å². The van der Waals surface area contributed by atoms with E-state index in [2.05, 4.69) is 83.1 Å². The molecule has 0 radical (unpaired) electrons. The van der Waals surface area contributed by atoms with Gasteiger partial charge in [0.15, 0.2) is 0 Å². The van der Waals surface area contributed by atoms with Crippen LogP contribution in [-0.2, 0) is 62.2 Å². The zero-order valence-corrected chi connectivity index (χ0v) is 73.0. The minimum atomic E-state index is -4.16. The molecule has 0 bridgehead atoms. The van der Waals surface area contributed by atoms with Gasteiger partial charge in [-0.2, -0.15) is 33.7 Å². The average molecular weight is 1580 g/mol. The maximum absolute atomic E-state index is 11.7. The van der Waals surface area contributed by atoms with Crippen LogP contribution in [0.1, 0.15) is 412 Å². The molecule has 105 heavy (non-hydrogen) atoms. The van der Waals surface area contributed by atoms with E-state index in [1.165, 1.54) is 255 Å². The zero-order valence-electron chi connectivity index (χ0n) is 68.2. The van der Waals surface area contributed by atoms with Crippen molar-refractivity contribution in [2.75, 3.05) is 0 Å². The molecule has 604 valence electrons. The molecule has 4 unspecified atom stereocenters. The largest absolute Gasteiger partial charge is 0.294 e. The molecule has 0 heterocycles. The summed E-state index contributed by atoms with van der Waals surface area (Å²) in [6.07, 6.45) is 55.8. The summed E-state index contributed by atoms with van der Waals surface area (Å²) in [7, 11) is -16.7. The van der Waals surface area contributed by atoms with Gasteiger partial charge in [-0.05, 0) is 120 Å². The fraction of sp³-hybridized carbons (Fsp3) is 0.727. The molecule has 0 spiro atoms. The van der Waals surface area contributed by atoms with Crippen molar-refractivity contribution in [1.29, 1.82) is 0 Å². The predicted octanol–water partition coefficient (Wildman–Crippen LogP) is 27.9. The first-order valence-electron chi connectivity index (χ1n) is 41.8. The fourth-order valence-corrected chi connectivity index (χ4v) is 18.0. The Bertz CT molecular complexity index is 2810. The summed E-state index contributed by atoms with van der Waals surface area (Å²) in [5.41, 5.74) is 3.06. The standard InChI is InChI=1S/4C22H38O3S.Ti/c4*1-4-5-6-7-8-9-10-11-12-13-16-20(19(2)3)21-17-14-15-18-22(21)26(23,24)25;/h4*14-15,17-20H,4-13,16H2,1-3H3,(H,23,24,25);. The molecule has 4 N–H and O–H groups in total. The van der Waals surface area contributed by atoms with Crippen LogP contribution in [0.3, 0.4) is 0 Å². The number of hydrogen-bond acceptors (Lipinski definition) is 8. The summed E-state index contributed by atoms with van der Waals surface area (Å²) in [5.74, 6) is 2.05. The van der Waals surface area contributed by atoms with Gasteiger partial charge in [-0.25, -0.2) is 0 Å². The summed E-state index contributed by atoms with van der Waals surface area (Å²) in [6, 6.07) is 27.6. The van der Waals surface area contributed by atoms with Gasteiger partial charge in [-0.3, -0.25) is 18.2 Å². The minimum Gasteiger partial charge on any atom is -0.282 e. The quantitative estimate of drug-likeness (QED) is 0.0184. The van der Waals surface area contributed by atoms with Gasteiger partial charge >= 0.3 is 0 Å². The molecule has 4 aromatic carbocycles. The van der Waals surface area contributed by atoms with Crippen LogP contribution in [-0.4, -0.2) is 51.9 Å². The first-order valence-corrected chi connectivity index (χ1v) is 47.5. The number of unbranched alkanes of at least 4 members (excludes halogenated alkanes) is 36. The number of rotatable bonds is 56. The predicted molar refractivity (Wildman–Crippen MR) is 441 cm³/mol. The second-order valence-electron chi connectivity index (χ2n) is 31.3. The van der Waals surface area contributed by atoms with E-state index in [1.807, 2.05) is 48.5 Å². The molecule has 0 saturated carbocycles. The molecule has 0 saturated heterocycles. The van der Waals surface area contributed by atoms with E-state index in [1.54, 1.807) is 24.3 Å². The van der Waals surface area contributed by atoms with Crippen LogP contribution < -0.4 is 0 Å². The fourth-order valence-electron chi connectivity index (χ4n) is 14.9. The third kappa shape index (κ3) is 47.3. The third-order valence-corrected chi connectivity index (χ3v) is 24.8. The molecule has 12 nitrogen and oxygen atoms in total. The van der Waals surface area contributed by atoms with Gasteiger partial charge in [0.2, 0.25) is 0 Å². The zero-order chi connectivity index (χ0) is 77.7. The van der Waals surface area contributed by atoms with Crippen molar-refractivity contribution in [1.82, 2.24) is 0 Å². The van der Waals surface area contributed by atoms with Gasteiger partial charge in [0, 0.05) is 21.7 Å². The summed E-state index contributed by atoms with van der Waals surface area (Å²) in [6.45, 7) is 26.0. The molecule has 4 atom stereocenters. The number of benzene rings is 4. The summed E-state index contributed by atoms with van der Waals surface area (Å²) < 4.78 is 132. The second-order valence-corrected chi connectivity index (χ2v) is 36.9. The van der Waals surface area contributed by atoms with Gasteiger partial charge in [0.25, 0.3) is 40.5 Å². The van der Waals surface area contributed by atoms with E-state index in [-0.39, 0.29) is 65.0 Å². The van der Waals surface area contributed by atoms with Crippen LogP contribution in [0.4, 0.5) is 0 Å². The Labute approximate surface area is 660 Å².